The normalized spacial score (nSPS) is 10.1. The molecule has 7 heteroatoms. The third-order valence-corrected chi connectivity index (χ3v) is 3.52. The van der Waals surface area contributed by atoms with E-state index in [1.807, 2.05) is 36.4 Å². The molecule has 25 heavy (non-hydrogen) atoms. The highest BCUT2D eigenvalue weighted by molar-refractivity contribution is 5.95. The Kier molecular flexibility index (Phi) is 5.06. The van der Waals surface area contributed by atoms with E-state index in [1.165, 1.54) is 6.33 Å². The van der Waals surface area contributed by atoms with Gasteiger partial charge < -0.3 is 11.1 Å². The van der Waals surface area contributed by atoms with Crippen molar-refractivity contribution in [2.24, 2.45) is 0 Å². The first kappa shape index (κ1) is 16.3. The lowest BCUT2D eigenvalue weighted by Gasteiger charge is -2.13. The van der Waals surface area contributed by atoms with Crippen molar-refractivity contribution >= 4 is 23.2 Å². The average Bonchev–Trinajstić information content (AvgIpc) is 2.67. The third kappa shape index (κ3) is 4.23. The molecule has 0 aliphatic carbocycles. The van der Waals surface area contributed by atoms with Crippen LogP contribution in [-0.4, -0.2) is 15.9 Å². The summed E-state index contributed by atoms with van der Waals surface area (Å²) in [6.45, 7) is 0.581. The van der Waals surface area contributed by atoms with Gasteiger partial charge in [-0.3, -0.25) is 15.6 Å². The number of carbonyl (C=O) groups excluding carboxylic acids is 1. The van der Waals surface area contributed by atoms with Crippen LogP contribution in [0.1, 0.15) is 15.9 Å². The topological polar surface area (TPSA) is 105 Å². The monoisotopic (exact) mass is 334 g/mol. The van der Waals surface area contributed by atoms with E-state index in [-0.39, 0.29) is 5.91 Å². The first-order valence-corrected chi connectivity index (χ1v) is 7.73. The molecule has 0 aliphatic heterocycles. The molecule has 0 saturated heterocycles. The first-order chi connectivity index (χ1) is 12.2. The van der Waals surface area contributed by atoms with Crippen molar-refractivity contribution in [3.8, 4) is 0 Å². The van der Waals surface area contributed by atoms with Crippen LogP contribution in [0.15, 0.2) is 67.0 Å². The molecule has 3 aromatic rings. The van der Waals surface area contributed by atoms with Crippen molar-refractivity contribution in [1.29, 1.82) is 0 Å². The molecule has 126 valence electrons. The number of aromatic nitrogens is 2. The van der Waals surface area contributed by atoms with Crippen molar-refractivity contribution in [1.82, 2.24) is 15.4 Å². The van der Waals surface area contributed by atoms with Gasteiger partial charge in [0.25, 0.3) is 5.91 Å². The average molecular weight is 334 g/mol. The Morgan fingerprint density at radius 1 is 0.920 bits per heavy atom. The number of nitrogens with two attached hydrogens (primary N) is 1. The standard InChI is InChI=1S/C18H18N6O/c19-15-16(20-11-13-7-3-1-4-8-13)21-12-22-17(15)23-24-18(25)14-9-5-2-6-10-14/h1-10,12H,11,19H2,(H,24,25)(H2,20,21,22,23). The van der Waals surface area contributed by atoms with Crippen molar-refractivity contribution < 1.29 is 4.79 Å². The molecular formula is C18H18N6O. The van der Waals surface area contributed by atoms with Crippen LogP contribution >= 0.6 is 0 Å². The summed E-state index contributed by atoms with van der Waals surface area (Å²) in [5.41, 5.74) is 13.3. The predicted molar refractivity (Wildman–Crippen MR) is 97.7 cm³/mol. The van der Waals surface area contributed by atoms with E-state index in [1.54, 1.807) is 24.3 Å². The van der Waals surface area contributed by atoms with E-state index in [4.69, 9.17) is 5.73 Å². The van der Waals surface area contributed by atoms with Crippen molar-refractivity contribution in [2.45, 2.75) is 6.54 Å². The number of nitrogens with zero attached hydrogens (tertiary/aromatic N) is 2. The largest absolute Gasteiger partial charge is 0.393 e. The van der Waals surface area contributed by atoms with Crippen LogP contribution in [0.5, 0.6) is 0 Å². The second-order valence-corrected chi connectivity index (χ2v) is 5.27. The van der Waals surface area contributed by atoms with E-state index < -0.39 is 0 Å². The Balaban J connectivity index is 1.63. The predicted octanol–water partition coefficient (Wildman–Crippen LogP) is 2.43. The molecule has 0 atom stereocenters. The molecule has 0 fully saturated rings. The highest BCUT2D eigenvalue weighted by Crippen LogP contribution is 2.22. The lowest BCUT2D eigenvalue weighted by atomic mass is 10.2. The van der Waals surface area contributed by atoms with Crippen LogP contribution < -0.4 is 21.9 Å². The smallest absolute Gasteiger partial charge is 0.269 e. The summed E-state index contributed by atoms with van der Waals surface area (Å²) in [5, 5.41) is 3.16. The number of nitrogen functional groups attached to an aromatic ring is 1. The number of rotatable bonds is 6. The van der Waals surface area contributed by atoms with Gasteiger partial charge in [-0.05, 0) is 17.7 Å². The summed E-state index contributed by atoms with van der Waals surface area (Å²) < 4.78 is 0. The van der Waals surface area contributed by atoms with Gasteiger partial charge >= 0.3 is 0 Å². The summed E-state index contributed by atoms with van der Waals surface area (Å²) in [4.78, 5) is 20.2. The molecular weight excluding hydrogens is 316 g/mol. The number of nitrogens with one attached hydrogen (secondary N) is 3. The van der Waals surface area contributed by atoms with E-state index in [0.717, 1.165) is 5.56 Å². The number of benzene rings is 2. The second kappa shape index (κ2) is 7.78. The minimum Gasteiger partial charge on any atom is -0.393 e. The maximum absolute atomic E-state index is 12.1. The van der Waals surface area contributed by atoms with Crippen LogP contribution in [-0.2, 0) is 6.54 Å². The Hall–Kier alpha value is -3.61. The molecule has 5 N–H and O–H groups in total. The molecule has 1 heterocycles. The van der Waals surface area contributed by atoms with Gasteiger partial charge in [0.1, 0.15) is 12.0 Å². The van der Waals surface area contributed by atoms with Gasteiger partial charge in [-0.25, -0.2) is 9.97 Å². The van der Waals surface area contributed by atoms with Crippen LogP contribution in [0, 0.1) is 0 Å². The van der Waals surface area contributed by atoms with E-state index in [2.05, 4.69) is 26.1 Å². The van der Waals surface area contributed by atoms with E-state index >= 15 is 0 Å². The summed E-state index contributed by atoms with van der Waals surface area (Å²) in [6.07, 6.45) is 1.38. The van der Waals surface area contributed by atoms with Crippen molar-refractivity contribution in [3.63, 3.8) is 0 Å². The minimum atomic E-state index is -0.280. The summed E-state index contributed by atoms with van der Waals surface area (Å²) in [5.74, 6) is 0.544. The Morgan fingerprint density at radius 2 is 1.56 bits per heavy atom. The number of carbonyl (C=O) groups is 1. The maximum atomic E-state index is 12.1. The molecule has 0 bridgehead atoms. The first-order valence-electron chi connectivity index (χ1n) is 7.73. The highest BCUT2D eigenvalue weighted by Gasteiger charge is 2.09. The summed E-state index contributed by atoms with van der Waals surface area (Å²) >= 11 is 0. The molecule has 0 aliphatic rings. The Labute approximate surface area is 145 Å². The fourth-order valence-corrected chi connectivity index (χ4v) is 2.20. The van der Waals surface area contributed by atoms with Gasteiger partial charge in [0, 0.05) is 12.1 Å². The minimum absolute atomic E-state index is 0.280. The number of hydrogen-bond donors (Lipinski definition) is 4. The summed E-state index contributed by atoms with van der Waals surface area (Å²) in [7, 11) is 0. The Bertz CT molecular complexity index is 839. The van der Waals surface area contributed by atoms with Crippen LogP contribution in [0.3, 0.4) is 0 Å². The van der Waals surface area contributed by atoms with E-state index in [0.29, 0.717) is 29.4 Å². The maximum Gasteiger partial charge on any atom is 0.269 e. The molecule has 3 rings (SSSR count). The number of hydrazine groups is 1. The van der Waals surface area contributed by atoms with E-state index in [9.17, 15) is 4.79 Å². The highest BCUT2D eigenvalue weighted by atomic mass is 16.2. The fraction of sp³-hybridized carbons (Fsp3) is 0.0556. The van der Waals surface area contributed by atoms with Gasteiger partial charge in [-0.2, -0.15) is 0 Å². The molecule has 0 radical (unpaired) electrons. The SMILES string of the molecule is Nc1c(NCc2ccccc2)ncnc1NNC(=O)c1ccccc1. The molecule has 7 nitrogen and oxygen atoms in total. The quantitative estimate of drug-likeness (QED) is 0.516. The zero-order chi connectivity index (χ0) is 17.5. The second-order valence-electron chi connectivity index (χ2n) is 5.27. The molecule has 1 aromatic heterocycles. The fourth-order valence-electron chi connectivity index (χ4n) is 2.20. The lowest BCUT2D eigenvalue weighted by molar-refractivity contribution is 0.0962. The Morgan fingerprint density at radius 3 is 2.28 bits per heavy atom. The van der Waals surface area contributed by atoms with Gasteiger partial charge in [0.15, 0.2) is 11.6 Å². The zero-order valence-electron chi connectivity index (χ0n) is 13.4. The molecule has 1 amide bonds. The van der Waals surface area contributed by atoms with Gasteiger partial charge in [-0.1, -0.05) is 48.5 Å². The third-order valence-electron chi connectivity index (χ3n) is 3.52. The zero-order valence-corrected chi connectivity index (χ0v) is 13.4. The van der Waals surface area contributed by atoms with Gasteiger partial charge in [-0.15, -0.1) is 0 Å². The molecule has 0 spiro atoms. The van der Waals surface area contributed by atoms with Crippen molar-refractivity contribution in [2.75, 3.05) is 16.5 Å². The van der Waals surface area contributed by atoms with Crippen molar-refractivity contribution in [3.05, 3.63) is 78.1 Å². The number of amides is 1. The number of anilines is 3. The molecule has 2 aromatic carbocycles. The number of hydrogen-bond acceptors (Lipinski definition) is 6. The lowest BCUT2D eigenvalue weighted by Crippen LogP contribution is -2.30. The van der Waals surface area contributed by atoms with Gasteiger partial charge in [0.05, 0.1) is 0 Å². The summed E-state index contributed by atoms with van der Waals surface area (Å²) in [6, 6.07) is 18.8. The van der Waals surface area contributed by atoms with Crippen LogP contribution in [0.4, 0.5) is 17.3 Å². The van der Waals surface area contributed by atoms with Crippen LogP contribution in [0.2, 0.25) is 0 Å². The molecule has 0 saturated carbocycles. The molecule has 0 unspecified atom stereocenters. The van der Waals surface area contributed by atoms with Gasteiger partial charge in [0.2, 0.25) is 0 Å². The van der Waals surface area contributed by atoms with Crippen LogP contribution in [0.25, 0.3) is 0 Å².